The molecule has 0 radical (unpaired) electrons. The number of amides is 1. The largest absolute Gasteiger partial charge is 0.495 e. The van der Waals surface area contributed by atoms with Crippen LogP contribution in [0.4, 0.5) is 11.4 Å². The summed E-state index contributed by atoms with van der Waals surface area (Å²) >= 11 is 3.21. The van der Waals surface area contributed by atoms with Crippen LogP contribution >= 0.6 is 15.9 Å². The summed E-state index contributed by atoms with van der Waals surface area (Å²) in [6, 6.07) is 13.3. The molecule has 6 nitrogen and oxygen atoms in total. The fraction of sp³-hybridized carbons (Fsp3) is 0.0625. The van der Waals surface area contributed by atoms with Crippen LogP contribution in [-0.4, -0.2) is 17.9 Å². The molecule has 1 amide bonds. The van der Waals surface area contributed by atoms with Crippen molar-refractivity contribution >= 4 is 39.3 Å². The number of benzene rings is 2. The second kappa shape index (κ2) is 7.55. The third-order valence-corrected chi connectivity index (χ3v) is 3.54. The van der Waals surface area contributed by atoms with E-state index in [2.05, 4.69) is 21.2 Å². The summed E-state index contributed by atoms with van der Waals surface area (Å²) in [4.78, 5) is 22.5. The zero-order valence-electron chi connectivity index (χ0n) is 12.2. The summed E-state index contributed by atoms with van der Waals surface area (Å²) in [7, 11) is 1.42. The highest BCUT2D eigenvalue weighted by Gasteiger charge is 2.15. The minimum absolute atomic E-state index is 0.135. The fourth-order valence-electron chi connectivity index (χ4n) is 1.85. The molecule has 0 aliphatic rings. The van der Waals surface area contributed by atoms with Crippen molar-refractivity contribution in [1.29, 1.82) is 0 Å². The van der Waals surface area contributed by atoms with E-state index in [4.69, 9.17) is 4.74 Å². The molecule has 0 saturated heterocycles. The smallest absolute Gasteiger partial charge is 0.271 e. The molecule has 118 valence electrons. The van der Waals surface area contributed by atoms with Crippen molar-refractivity contribution in [2.24, 2.45) is 0 Å². The Morgan fingerprint density at radius 1 is 1.26 bits per heavy atom. The number of nitro benzene ring substituents is 1. The van der Waals surface area contributed by atoms with Crippen molar-refractivity contribution in [3.05, 3.63) is 68.7 Å². The van der Waals surface area contributed by atoms with Gasteiger partial charge in [0.15, 0.2) is 0 Å². The molecule has 2 rings (SSSR count). The van der Waals surface area contributed by atoms with Crippen molar-refractivity contribution < 1.29 is 14.5 Å². The summed E-state index contributed by atoms with van der Waals surface area (Å²) in [5.74, 6) is -0.100. The maximum absolute atomic E-state index is 12.2. The van der Waals surface area contributed by atoms with Crippen LogP contribution < -0.4 is 10.1 Å². The van der Waals surface area contributed by atoms with E-state index in [0.29, 0.717) is 5.75 Å². The normalized spacial score (nSPS) is 11.0. The van der Waals surface area contributed by atoms with E-state index in [1.165, 1.54) is 25.3 Å². The molecule has 0 unspecified atom stereocenters. The average Bonchev–Trinajstić information content (AvgIpc) is 2.55. The standard InChI is InChI=1S/C16H13BrN2O4/c1-23-15-8-7-12(19(21)22)10-14(15)18-16(20)13(17)9-11-5-3-2-4-6-11/h2-10H,1H3,(H,18,20)/b13-9-. The lowest BCUT2D eigenvalue weighted by Crippen LogP contribution is -2.12. The van der Waals surface area contributed by atoms with Gasteiger partial charge in [-0.15, -0.1) is 0 Å². The Balaban J connectivity index is 2.24. The summed E-state index contributed by atoms with van der Waals surface area (Å²) in [6.45, 7) is 0. The summed E-state index contributed by atoms with van der Waals surface area (Å²) < 4.78 is 5.40. The maximum atomic E-state index is 12.2. The summed E-state index contributed by atoms with van der Waals surface area (Å²) in [5.41, 5.74) is 0.940. The van der Waals surface area contributed by atoms with Crippen molar-refractivity contribution in [3.63, 3.8) is 0 Å². The molecule has 7 heteroatoms. The van der Waals surface area contributed by atoms with Crippen LogP contribution in [0.3, 0.4) is 0 Å². The zero-order chi connectivity index (χ0) is 16.8. The Kier molecular flexibility index (Phi) is 5.48. The number of nitro groups is 1. The Morgan fingerprint density at radius 3 is 2.57 bits per heavy atom. The van der Waals surface area contributed by atoms with Crippen molar-refractivity contribution in [1.82, 2.24) is 0 Å². The molecule has 0 spiro atoms. The lowest BCUT2D eigenvalue weighted by Gasteiger charge is -2.09. The monoisotopic (exact) mass is 376 g/mol. The lowest BCUT2D eigenvalue weighted by molar-refractivity contribution is -0.384. The number of non-ortho nitro benzene ring substituents is 1. The van der Waals surface area contributed by atoms with Gasteiger partial charge in [0, 0.05) is 12.1 Å². The van der Waals surface area contributed by atoms with Crippen LogP contribution in [0, 0.1) is 10.1 Å². The minimum Gasteiger partial charge on any atom is -0.495 e. The van der Waals surface area contributed by atoms with Gasteiger partial charge in [-0.3, -0.25) is 14.9 Å². The van der Waals surface area contributed by atoms with E-state index >= 15 is 0 Å². The summed E-state index contributed by atoms with van der Waals surface area (Å²) in [6.07, 6.45) is 1.65. The van der Waals surface area contributed by atoms with Crippen LogP contribution in [0.25, 0.3) is 6.08 Å². The van der Waals surface area contributed by atoms with Gasteiger partial charge in [-0.25, -0.2) is 0 Å². The van der Waals surface area contributed by atoms with Gasteiger partial charge in [0.2, 0.25) is 0 Å². The van der Waals surface area contributed by atoms with E-state index < -0.39 is 10.8 Å². The Hall–Kier alpha value is -2.67. The molecule has 0 aliphatic carbocycles. The van der Waals surface area contributed by atoms with Gasteiger partial charge in [0.05, 0.1) is 22.2 Å². The quantitative estimate of drug-likeness (QED) is 0.486. The molecule has 0 aromatic heterocycles. The van der Waals surface area contributed by atoms with Gasteiger partial charge in [-0.05, 0) is 33.6 Å². The second-order valence-corrected chi connectivity index (χ2v) is 5.35. The van der Waals surface area contributed by atoms with Gasteiger partial charge in [-0.1, -0.05) is 30.3 Å². The number of ether oxygens (including phenoxy) is 1. The molecule has 2 aromatic carbocycles. The molecule has 23 heavy (non-hydrogen) atoms. The highest BCUT2D eigenvalue weighted by atomic mass is 79.9. The van der Waals surface area contributed by atoms with E-state index in [9.17, 15) is 14.9 Å². The first-order chi connectivity index (χ1) is 11.0. The van der Waals surface area contributed by atoms with Crippen molar-refractivity contribution in [2.75, 3.05) is 12.4 Å². The van der Waals surface area contributed by atoms with Crippen LogP contribution in [0.1, 0.15) is 5.56 Å². The Bertz CT molecular complexity index is 760. The highest BCUT2D eigenvalue weighted by Crippen LogP contribution is 2.29. The average molecular weight is 377 g/mol. The highest BCUT2D eigenvalue weighted by molar-refractivity contribution is 9.12. The molecule has 0 atom stereocenters. The maximum Gasteiger partial charge on any atom is 0.271 e. The first-order valence-electron chi connectivity index (χ1n) is 6.57. The SMILES string of the molecule is COc1ccc([N+](=O)[O-])cc1NC(=O)/C(Br)=C/c1ccccc1. The molecule has 2 aromatic rings. The van der Waals surface area contributed by atoms with Gasteiger partial charge in [0.1, 0.15) is 5.75 Å². The van der Waals surface area contributed by atoms with Crippen LogP contribution in [0.2, 0.25) is 0 Å². The molecular weight excluding hydrogens is 364 g/mol. The molecular formula is C16H13BrN2O4. The molecule has 0 heterocycles. The first kappa shape index (κ1) is 16.7. The lowest BCUT2D eigenvalue weighted by atomic mass is 10.2. The number of hydrogen-bond donors (Lipinski definition) is 1. The van der Waals surface area contributed by atoms with Crippen molar-refractivity contribution in [3.8, 4) is 5.75 Å². The number of hydrogen-bond acceptors (Lipinski definition) is 4. The number of rotatable bonds is 5. The number of carbonyl (C=O) groups is 1. The van der Waals surface area contributed by atoms with Crippen LogP contribution in [0.15, 0.2) is 53.0 Å². The number of halogens is 1. The molecule has 0 aliphatic heterocycles. The number of anilines is 1. The Labute approximate surface area is 141 Å². The third-order valence-electron chi connectivity index (χ3n) is 2.95. The zero-order valence-corrected chi connectivity index (χ0v) is 13.7. The van der Waals surface area contributed by atoms with Crippen LogP contribution in [-0.2, 0) is 4.79 Å². The number of nitrogens with zero attached hydrogens (tertiary/aromatic N) is 1. The van der Waals surface area contributed by atoms with Gasteiger partial charge in [-0.2, -0.15) is 0 Å². The van der Waals surface area contributed by atoms with Crippen molar-refractivity contribution in [2.45, 2.75) is 0 Å². The Morgan fingerprint density at radius 2 is 1.96 bits per heavy atom. The fourth-order valence-corrected chi connectivity index (χ4v) is 2.21. The number of methoxy groups -OCH3 is 1. The number of nitrogens with one attached hydrogen (secondary N) is 1. The van der Waals surface area contributed by atoms with E-state index in [1.807, 2.05) is 30.3 Å². The predicted molar refractivity (Wildman–Crippen MR) is 91.6 cm³/mol. The van der Waals surface area contributed by atoms with E-state index in [0.717, 1.165) is 5.56 Å². The summed E-state index contributed by atoms with van der Waals surface area (Å²) in [5, 5.41) is 13.4. The first-order valence-corrected chi connectivity index (χ1v) is 7.36. The number of carbonyl (C=O) groups excluding carboxylic acids is 1. The molecule has 0 fully saturated rings. The van der Waals surface area contributed by atoms with Gasteiger partial charge >= 0.3 is 0 Å². The van der Waals surface area contributed by atoms with Gasteiger partial charge in [0.25, 0.3) is 11.6 Å². The molecule has 1 N–H and O–H groups in total. The third kappa shape index (κ3) is 4.40. The van der Waals surface area contributed by atoms with Crippen LogP contribution in [0.5, 0.6) is 5.75 Å². The molecule has 0 saturated carbocycles. The molecule has 0 bridgehead atoms. The second-order valence-electron chi connectivity index (χ2n) is 4.50. The minimum atomic E-state index is -0.538. The predicted octanol–water partition coefficient (Wildman–Crippen LogP) is 3.98. The topological polar surface area (TPSA) is 81.5 Å². The van der Waals surface area contributed by atoms with E-state index in [-0.39, 0.29) is 15.9 Å². The van der Waals surface area contributed by atoms with E-state index in [1.54, 1.807) is 6.08 Å². The van der Waals surface area contributed by atoms with Gasteiger partial charge < -0.3 is 10.1 Å².